The summed E-state index contributed by atoms with van der Waals surface area (Å²) in [6.45, 7) is 1.21. The van der Waals surface area contributed by atoms with Crippen LogP contribution < -0.4 is 0 Å². The number of rotatable bonds is 7. The fraction of sp³-hybridized carbons (Fsp3) is 0.318. The number of benzene rings is 2. The molecule has 0 saturated heterocycles. The molecule has 164 valence electrons. The van der Waals surface area contributed by atoms with Crippen molar-refractivity contribution in [3.8, 4) is 0 Å². The summed E-state index contributed by atoms with van der Waals surface area (Å²) in [4.78, 5) is 23.7. The number of ether oxygens (including phenoxy) is 1. The van der Waals surface area contributed by atoms with E-state index < -0.39 is 24.0 Å². The van der Waals surface area contributed by atoms with Crippen molar-refractivity contribution in [3.63, 3.8) is 0 Å². The number of carbonyl (C=O) groups is 2. The van der Waals surface area contributed by atoms with Gasteiger partial charge in [-0.05, 0) is 29.7 Å². The molecule has 0 spiro atoms. The molecule has 0 radical (unpaired) electrons. The predicted molar refractivity (Wildman–Crippen MR) is 106 cm³/mol. The van der Waals surface area contributed by atoms with Gasteiger partial charge in [-0.1, -0.05) is 49.4 Å². The van der Waals surface area contributed by atoms with E-state index in [1.807, 2.05) is 18.2 Å². The SMILES string of the molecule is CCC(C(C(=O)O)c1ccc(CN2N=C(c3ccccc3)OCC2=O)cc1)C(F)(F)F. The van der Waals surface area contributed by atoms with Crippen molar-refractivity contribution in [3.05, 3.63) is 71.3 Å². The van der Waals surface area contributed by atoms with Crippen LogP contribution >= 0.6 is 0 Å². The van der Waals surface area contributed by atoms with Gasteiger partial charge in [0.15, 0.2) is 6.61 Å². The van der Waals surface area contributed by atoms with Gasteiger partial charge in [-0.25, -0.2) is 5.01 Å². The average molecular weight is 434 g/mol. The van der Waals surface area contributed by atoms with Crippen LogP contribution in [0.25, 0.3) is 0 Å². The lowest BCUT2D eigenvalue weighted by atomic mass is 9.83. The fourth-order valence-electron chi connectivity index (χ4n) is 3.45. The molecule has 9 heteroatoms. The van der Waals surface area contributed by atoms with E-state index in [2.05, 4.69) is 5.10 Å². The third-order valence-corrected chi connectivity index (χ3v) is 5.05. The normalized spacial score (nSPS) is 16.3. The van der Waals surface area contributed by atoms with Crippen LogP contribution in [0.5, 0.6) is 0 Å². The Labute approximate surface area is 176 Å². The number of alkyl halides is 3. The highest BCUT2D eigenvalue weighted by molar-refractivity contribution is 5.97. The maximum atomic E-state index is 13.3. The van der Waals surface area contributed by atoms with Gasteiger partial charge >= 0.3 is 12.1 Å². The average Bonchev–Trinajstić information content (AvgIpc) is 2.73. The van der Waals surface area contributed by atoms with Crippen molar-refractivity contribution in [1.29, 1.82) is 0 Å². The first kappa shape index (κ1) is 22.3. The number of carboxylic acids is 1. The third-order valence-electron chi connectivity index (χ3n) is 5.05. The summed E-state index contributed by atoms with van der Waals surface area (Å²) in [7, 11) is 0. The number of carbonyl (C=O) groups excluding carboxylic acids is 1. The van der Waals surface area contributed by atoms with Gasteiger partial charge in [0.2, 0.25) is 5.90 Å². The summed E-state index contributed by atoms with van der Waals surface area (Å²) in [5, 5.41) is 14.9. The lowest BCUT2D eigenvalue weighted by Crippen LogP contribution is -2.36. The molecule has 0 fully saturated rings. The Morgan fingerprint density at radius 3 is 2.35 bits per heavy atom. The van der Waals surface area contributed by atoms with Gasteiger partial charge < -0.3 is 9.84 Å². The number of aliphatic carboxylic acids is 1. The number of carboxylic acid groups (broad SMARTS) is 1. The van der Waals surface area contributed by atoms with Crippen molar-refractivity contribution < 1.29 is 32.6 Å². The lowest BCUT2D eigenvalue weighted by molar-refractivity contribution is -0.188. The Hall–Kier alpha value is -3.36. The van der Waals surface area contributed by atoms with E-state index in [9.17, 15) is 27.9 Å². The first-order valence-corrected chi connectivity index (χ1v) is 9.66. The molecule has 0 saturated carbocycles. The number of hydrazone groups is 1. The topological polar surface area (TPSA) is 79.2 Å². The molecule has 3 rings (SSSR count). The fourth-order valence-corrected chi connectivity index (χ4v) is 3.45. The van der Waals surface area contributed by atoms with E-state index >= 15 is 0 Å². The minimum Gasteiger partial charge on any atom is -0.481 e. The summed E-state index contributed by atoms with van der Waals surface area (Å²) in [5.74, 6) is -5.30. The van der Waals surface area contributed by atoms with Crippen molar-refractivity contribution in [2.24, 2.45) is 11.0 Å². The first-order valence-electron chi connectivity index (χ1n) is 9.66. The minimum absolute atomic E-state index is 0.0576. The van der Waals surface area contributed by atoms with Gasteiger partial charge in [-0.2, -0.15) is 13.2 Å². The molecule has 2 unspecified atom stereocenters. The molecule has 6 nitrogen and oxygen atoms in total. The first-order chi connectivity index (χ1) is 14.7. The minimum atomic E-state index is -4.63. The molecule has 0 aliphatic carbocycles. The molecule has 1 N–H and O–H groups in total. The molecule has 2 aromatic carbocycles. The smallest absolute Gasteiger partial charge is 0.392 e. The van der Waals surface area contributed by atoms with Gasteiger partial charge in [-0.3, -0.25) is 9.59 Å². The molecule has 0 bridgehead atoms. The molecule has 2 aromatic rings. The summed E-state index contributed by atoms with van der Waals surface area (Å²) in [6, 6.07) is 14.8. The van der Waals surface area contributed by atoms with Crippen LogP contribution in [0.2, 0.25) is 0 Å². The van der Waals surface area contributed by atoms with E-state index in [-0.39, 0.29) is 31.0 Å². The van der Waals surface area contributed by atoms with E-state index in [1.165, 1.54) is 36.2 Å². The number of amides is 1. The Bertz CT molecular complexity index is 959. The third kappa shape index (κ3) is 5.22. The Kier molecular flexibility index (Phi) is 6.62. The van der Waals surface area contributed by atoms with Crippen molar-refractivity contribution >= 4 is 17.8 Å². The second kappa shape index (κ2) is 9.20. The molecule has 1 aliphatic heterocycles. The number of hydrogen-bond donors (Lipinski definition) is 1. The van der Waals surface area contributed by atoms with Crippen LogP contribution in [0.15, 0.2) is 59.7 Å². The highest BCUT2D eigenvalue weighted by atomic mass is 19.4. The zero-order chi connectivity index (χ0) is 22.6. The highest BCUT2D eigenvalue weighted by Gasteiger charge is 2.46. The molecule has 31 heavy (non-hydrogen) atoms. The molecule has 1 amide bonds. The zero-order valence-corrected chi connectivity index (χ0v) is 16.7. The van der Waals surface area contributed by atoms with Crippen LogP contribution in [0.1, 0.15) is 36.0 Å². The van der Waals surface area contributed by atoms with E-state index in [4.69, 9.17) is 4.74 Å². The predicted octanol–water partition coefficient (Wildman–Crippen LogP) is 4.16. The van der Waals surface area contributed by atoms with Gasteiger partial charge in [0, 0.05) is 5.56 Å². The van der Waals surface area contributed by atoms with E-state index in [0.29, 0.717) is 17.0 Å². The highest BCUT2D eigenvalue weighted by Crippen LogP contribution is 2.40. The van der Waals surface area contributed by atoms with Gasteiger partial charge in [-0.15, -0.1) is 5.10 Å². The summed E-state index contributed by atoms with van der Waals surface area (Å²) < 4.78 is 45.2. The van der Waals surface area contributed by atoms with Crippen LogP contribution in [-0.2, 0) is 20.9 Å². The lowest BCUT2D eigenvalue weighted by Gasteiger charge is -2.26. The van der Waals surface area contributed by atoms with Gasteiger partial charge in [0.05, 0.1) is 18.4 Å². The van der Waals surface area contributed by atoms with Crippen molar-refractivity contribution in [2.45, 2.75) is 32.0 Å². The molecule has 1 aliphatic rings. The van der Waals surface area contributed by atoms with Crippen LogP contribution in [0.4, 0.5) is 13.2 Å². The second-order valence-corrected chi connectivity index (χ2v) is 7.13. The van der Waals surface area contributed by atoms with E-state index in [0.717, 1.165) is 0 Å². The van der Waals surface area contributed by atoms with Gasteiger partial charge in [0.1, 0.15) is 0 Å². The van der Waals surface area contributed by atoms with Crippen LogP contribution in [0, 0.1) is 5.92 Å². The van der Waals surface area contributed by atoms with Crippen LogP contribution in [0.3, 0.4) is 0 Å². The Morgan fingerprint density at radius 1 is 1.16 bits per heavy atom. The standard InChI is InChI=1S/C22H21F3N2O4/c1-2-17(22(23,24)25)19(21(29)30)15-10-8-14(9-11-15)12-27-18(28)13-31-20(26-27)16-6-4-3-5-7-16/h3-11,17,19H,2,12-13H2,1H3,(H,29,30). The number of hydrogen-bond acceptors (Lipinski definition) is 4. The Morgan fingerprint density at radius 2 is 1.81 bits per heavy atom. The summed E-state index contributed by atoms with van der Waals surface area (Å²) in [6.07, 6.45) is -4.97. The van der Waals surface area contributed by atoms with E-state index in [1.54, 1.807) is 12.1 Å². The Balaban J connectivity index is 1.80. The summed E-state index contributed by atoms with van der Waals surface area (Å²) in [5.41, 5.74) is 1.36. The van der Waals surface area contributed by atoms with Crippen molar-refractivity contribution in [1.82, 2.24) is 5.01 Å². The molecular weight excluding hydrogens is 413 g/mol. The van der Waals surface area contributed by atoms with Crippen molar-refractivity contribution in [2.75, 3.05) is 6.61 Å². The maximum Gasteiger partial charge on any atom is 0.392 e. The zero-order valence-electron chi connectivity index (χ0n) is 16.7. The van der Waals surface area contributed by atoms with Gasteiger partial charge in [0.25, 0.3) is 5.91 Å². The number of halogens is 3. The molecule has 2 atom stereocenters. The molecule has 0 aromatic heterocycles. The second-order valence-electron chi connectivity index (χ2n) is 7.13. The molecular formula is C22H21F3N2O4. The summed E-state index contributed by atoms with van der Waals surface area (Å²) >= 11 is 0. The van der Waals surface area contributed by atoms with Crippen LogP contribution in [-0.4, -0.2) is 40.7 Å². The molecule has 1 heterocycles. The quantitative estimate of drug-likeness (QED) is 0.710. The maximum absolute atomic E-state index is 13.3. The monoisotopic (exact) mass is 434 g/mol. The number of nitrogens with zero attached hydrogens (tertiary/aromatic N) is 2. The largest absolute Gasteiger partial charge is 0.481 e.